The summed E-state index contributed by atoms with van der Waals surface area (Å²) in [4.78, 5) is 13.7. The number of hydrogen-bond acceptors (Lipinski definition) is 3. The molecule has 0 aliphatic heterocycles. The van der Waals surface area contributed by atoms with Crippen LogP contribution in [0.5, 0.6) is 0 Å². The number of thiol groups is 1. The molecule has 1 rings (SSSR count). The first-order valence-corrected chi connectivity index (χ1v) is 5.48. The Balaban J connectivity index is 0.00000225. The number of nitrogens with zero attached hydrogens (tertiary/aromatic N) is 1. The Morgan fingerprint density at radius 3 is 2.44 bits per heavy atom. The molecule has 0 aromatic heterocycles. The average molecular weight is 267 g/mol. The minimum Gasteiger partial charge on any atom is -0.344 e. The molecule has 1 aromatic rings. The quantitative estimate of drug-likeness (QED) is 0.653. The van der Waals surface area contributed by atoms with Crippen molar-refractivity contribution in [2.24, 2.45) is 0 Å². The van der Waals surface area contributed by atoms with E-state index >= 15 is 0 Å². The smallest absolute Gasteiger partial charge is 0.0656 e. The van der Waals surface area contributed by atoms with Crippen molar-refractivity contribution >= 4 is 18.4 Å². The van der Waals surface area contributed by atoms with Crippen molar-refractivity contribution in [3.05, 3.63) is 41.6 Å². The summed E-state index contributed by atoms with van der Waals surface area (Å²) in [5, 5.41) is 0. The van der Waals surface area contributed by atoms with E-state index in [4.69, 9.17) is 0 Å². The fraction of sp³-hybridized carbons (Fsp3) is 0.333. The third kappa shape index (κ3) is 4.07. The summed E-state index contributed by atoms with van der Waals surface area (Å²) in [6.07, 6.45) is 0. The van der Waals surface area contributed by atoms with Crippen LogP contribution in [0.15, 0.2) is 30.3 Å². The zero-order chi connectivity index (χ0) is 11.3. The van der Waals surface area contributed by atoms with E-state index < -0.39 is 0 Å². The Kier molecular flexibility index (Phi) is 8.06. The van der Waals surface area contributed by atoms with Gasteiger partial charge in [-0.3, -0.25) is 10.7 Å². The van der Waals surface area contributed by atoms with E-state index in [9.17, 15) is 4.79 Å². The van der Waals surface area contributed by atoms with E-state index in [2.05, 4.69) is 12.6 Å². The van der Waals surface area contributed by atoms with Gasteiger partial charge in [-0.2, -0.15) is 0 Å². The molecule has 0 saturated heterocycles. The molecule has 0 fully saturated rings. The first-order chi connectivity index (χ1) is 7.20. The molecule has 0 unspecified atom stereocenters. The topological polar surface area (TPSA) is 20.3 Å². The van der Waals surface area contributed by atoms with Crippen molar-refractivity contribution in [2.75, 3.05) is 13.6 Å². The third-order valence-corrected chi connectivity index (χ3v) is 2.71. The predicted octanol–water partition coefficient (Wildman–Crippen LogP) is 2.34. The van der Waals surface area contributed by atoms with Gasteiger partial charge in [-0.1, -0.05) is 37.3 Å². The van der Waals surface area contributed by atoms with Gasteiger partial charge < -0.3 is 17.4 Å². The van der Waals surface area contributed by atoms with Crippen LogP contribution in [0.3, 0.4) is 0 Å². The number of carbonyl (C=O) groups is 1. The fourth-order valence-electron chi connectivity index (χ4n) is 1.52. The van der Waals surface area contributed by atoms with E-state index in [0.29, 0.717) is 0 Å². The van der Waals surface area contributed by atoms with Crippen molar-refractivity contribution in [2.45, 2.75) is 13.0 Å². The number of hydrogen-bond donors (Lipinski definition) is 1. The van der Waals surface area contributed by atoms with Gasteiger partial charge in [0.2, 0.25) is 0 Å². The van der Waals surface area contributed by atoms with Crippen LogP contribution >= 0.6 is 12.6 Å². The average Bonchev–Trinajstić information content (AvgIpc) is 2.30. The molecule has 0 spiro atoms. The van der Waals surface area contributed by atoms with Crippen molar-refractivity contribution < 1.29 is 30.6 Å². The van der Waals surface area contributed by atoms with Crippen molar-refractivity contribution in [3.63, 3.8) is 0 Å². The Morgan fingerprint density at radius 1 is 1.44 bits per heavy atom. The molecule has 1 atom stereocenters. The number of ketones is 1. The van der Waals surface area contributed by atoms with Crippen LogP contribution in [0.4, 0.5) is 0 Å². The maximum atomic E-state index is 11.7. The molecule has 0 amide bonds. The molecule has 16 heavy (non-hydrogen) atoms. The van der Waals surface area contributed by atoms with Gasteiger partial charge in [-0.25, -0.2) is 0 Å². The van der Waals surface area contributed by atoms with Gasteiger partial charge in [-0.15, -0.1) is 0 Å². The Hall–Kier alpha value is -0.0599. The Morgan fingerprint density at radius 2 is 2.00 bits per heavy atom. The number of rotatable bonds is 5. The zero-order valence-corrected chi connectivity index (χ0v) is 12.3. The summed E-state index contributed by atoms with van der Waals surface area (Å²) in [6.45, 7) is 2.86. The van der Waals surface area contributed by atoms with Crippen LogP contribution in [0.25, 0.3) is 0 Å². The van der Waals surface area contributed by atoms with Crippen molar-refractivity contribution in [1.29, 1.82) is 0 Å². The first-order valence-electron chi connectivity index (χ1n) is 4.97. The van der Waals surface area contributed by atoms with E-state index in [-0.39, 0.29) is 37.7 Å². The monoisotopic (exact) mass is 267 g/mol. The van der Waals surface area contributed by atoms with Crippen LogP contribution < -0.4 is 0 Å². The standard InChI is InChI=1S/C12H16NOS.Sc/c1-3-13(2)12(11(14)9-15)10-7-5-4-6-8-10;/h4-9,12,15H,3H2,1-2H3;/q-1;/t12-;/m1./s1. The van der Waals surface area contributed by atoms with E-state index in [1.807, 2.05) is 49.2 Å². The van der Waals surface area contributed by atoms with E-state index in [1.54, 1.807) is 0 Å². The van der Waals surface area contributed by atoms with Gasteiger partial charge in [0.15, 0.2) is 0 Å². The molecule has 0 aliphatic rings. The molecule has 0 aliphatic carbocycles. The molecular weight excluding hydrogens is 251 g/mol. The van der Waals surface area contributed by atoms with Crippen LogP contribution in [-0.2, 0) is 30.6 Å². The molecule has 4 heteroatoms. The number of carbonyl (C=O) groups excluding carboxylic acids is 1. The second-order valence-corrected chi connectivity index (χ2v) is 3.68. The second kappa shape index (κ2) is 8.09. The maximum absolute atomic E-state index is 11.7. The van der Waals surface area contributed by atoms with Gasteiger partial charge >= 0.3 is 0 Å². The van der Waals surface area contributed by atoms with Gasteiger partial charge in [0.1, 0.15) is 0 Å². The minimum absolute atomic E-state index is 0. The first kappa shape index (κ1) is 15.9. The van der Waals surface area contributed by atoms with Crippen LogP contribution in [-0.4, -0.2) is 24.3 Å². The summed E-state index contributed by atoms with van der Waals surface area (Å²) in [5.74, 6) is 1.36. The predicted molar refractivity (Wildman–Crippen MR) is 65.8 cm³/mol. The Labute approximate surface area is 122 Å². The van der Waals surface area contributed by atoms with Crippen LogP contribution in [0.2, 0.25) is 0 Å². The van der Waals surface area contributed by atoms with Crippen LogP contribution in [0, 0.1) is 5.75 Å². The number of benzene rings is 1. The molecule has 1 aromatic carbocycles. The van der Waals surface area contributed by atoms with Gasteiger partial charge in [-0.05, 0) is 19.2 Å². The molecule has 85 valence electrons. The van der Waals surface area contributed by atoms with E-state index in [1.165, 1.54) is 5.75 Å². The summed E-state index contributed by atoms with van der Waals surface area (Å²) in [6, 6.07) is 9.54. The number of likely N-dealkylation sites (N-methyl/N-ethyl adjacent to an activating group) is 1. The summed E-state index contributed by atoms with van der Waals surface area (Å²) in [7, 11) is 1.94. The maximum Gasteiger partial charge on any atom is 0.0656 e. The minimum atomic E-state index is -0.214. The SMILES string of the molecule is CCN(C)[C@@H](C(=O)[CH-]S)c1ccccc1.[Sc]. The second-order valence-electron chi connectivity index (χ2n) is 3.42. The van der Waals surface area contributed by atoms with Gasteiger partial charge in [0, 0.05) is 31.6 Å². The summed E-state index contributed by atoms with van der Waals surface area (Å²) < 4.78 is 0. The van der Waals surface area contributed by atoms with Crippen molar-refractivity contribution in [3.8, 4) is 0 Å². The molecule has 0 heterocycles. The molecule has 0 bridgehead atoms. The molecule has 1 radical (unpaired) electrons. The van der Waals surface area contributed by atoms with Crippen LogP contribution in [0.1, 0.15) is 18.5 Å². The van der Waals surface area contributed by atoms with Gasteiger partial charge in [0.05, 0.1) is 6.04 Å². The molecule has 2 nitrogen and oxygen atoms in total. The van der Waals surface area contributed by atoms with E-state index in [0.717, 1.165) is 12.1 Å². The summed E-state index contributed by atoms with van der Waals surface area (Å²) in [5.41, 5.74) is 1.01. The Bertz CT molecular complexity index is 318. The third-order valence-electron chi connectivity index (χ3n) is 2.45. The number of Topliss-reactive ketones (excluding diaryl/α,β-unsaturated/α-hetero) is 1. The normalized spacial score (nSPS) is 11.8. The summed E-state index contributed by atoms with van der Waals surface area (Å²) >= 11 is 3.94. The fourth-order valence-corrected chi connectivity index (χ4v) is 1.67. The molecular formula is C12H16NOSSc-. The molecule has 0 N–H and O–H groups in total. The zero-order valence-electron chi connectivity index (χ0n) is 9.63. The molecule has 0 saturated carbocycles. The van der Waals surface area contributed by atoms with Crippen molar-refractivity contribution in [1.82, 2.24) is 4.90 Å². The van der Waals surface area contributed by atoms with Gasteiger partial charge in [0.25, 0.3) is 0 Å². The largest absolute Gasteiger partial charge is 0.344 e.